The van der Waals surface area contributed by atoms with E-state index >= 15 is 0 Å². The molecule has 0 aromatic carbocycles. The fourth-order valence-electron chi connectivity index (χ4n) is 4.21. The smallest absolute Gasteiger partial charge is 0.368 e. The van der Waals surface area contributed by atoms with Crippen LogP contribution < -0.4 is 5.32 Å². The molecule has 1 unspecified atom stereocenters. The number of carbonyl (C=O) groups is 1. The van der Waals surface area contributed by atoms with Crippen LogP contribution in [0.2, 0.25) is 0 Å². The summed E-state index contributed by atoms with van der Waals surface area (Å²) in [5.74, 6) is 0.706. The second kappa shape index (κ2) is 7.00. The van der Waals surface area contributed by atoms with Gasteiger partial charge in [0.15, 0.2) is 6.04 Å². The second-order valence-corrected chi connectivity index (χ2v) is 7.81. The monoisotopic (exact) mass is 408 g/mol. The highest BCUT2D eigenvalue weighted by atomic mass is 19.4. The van der Waals surface area contributed by atoms with Crippen LogP contribution in [-0.2, 0) is 0 Å². The molecular weight excluding hydrogens is 385 g/mol. The first-order chi connectivity index (χ1) is 13.6. The molecule has 2 aromatic rings. The van der Waals surface area contributed by atoms with Crippen LogP contribution in [0.1, 0.15) is 65.8 Å². The van der Waals surface area contributed by atoms with E-state index in [4.69, 9.17) is 0 Å². The number of aryl methyl sites for hydroxylation is 2. The Morgan fingerprint density at radius 1 is 1.31 bits per heavy atom. The summed E-state index contributed by atoms with van der Waals surface area (Å²) in [6.07, 6.45) is -1.53. The molecule has 0 spiro atoms. The van der Waals surface area contributed by atoms with E-state index in [2.05, 4.69) is 20.4 Å². The van der Waals surface area contributed by atoms with Gasteiger partial charge in [-0.25, -0.2) is 14.6 Å². The van der Waals surface area contributed by atoms with Gasteiger partial charge in [0.25, 0.3) is 5.91 Å². The van der Waals surface area contributed by atoms with Crippen molar-refractivity contribution in [1.29, 1.82) is 0 Å². The minimum absolute atomic E-state index is 0.0785. The largest absolute Gasteiger partial charge is 0.410 e. The fraction of sp³-hybridized carbons (Fsp3) is 0.579. The van der Waals surface area contributed by atoms with Crippen LogP contribution in [0, 0.1) is 13.8 Å². The van der Waals surface area contributed by atoms with Gasteiger partial charge in [-0.1, -0.05) is 0 Å². The first-order valence-corrected chi connectivity index (χ1v) is 9.69. The zero-order valence-corrected chi connectivity index (χ0v) is 16.5. The van der Waals surface area contributed by atoms with Gasteiger partial charge in [0.05, 0.1) is 23.0 Å². The van der Waals surface area contributed by atoms with Crippen molar-refractivity contribution in [1.82, 2.24) is 24.6 Å². The van der Waals surface area contributed by atoms with Crippen molar-refractivity contribution in [3.05, 3.63) is 35.0 Å². The van der Waals surface area contributed by atoms with Crippen LogP contribution in [0.5, 0.6) is 0 Å². The standard InChI is InChI=1S/C19H23F3N6O/c1-10-7-16(19(20,21)22)28-17(24-10)8-14(26-28)15-5-4-6-27(15)18(29)13-9-23-12(3)25-11(13)2/h8-10,15-16,24H,4-7H2,1-3H3/t10-,15?,16-/m1/s1. The van der Waals surface area contributed by atoms with Gasteiger partial charge < -0.3 is 10.2 Å². The number of hydrogen-bond acceptors (Lipinski definition) is 5. The summed E-state index contributed by atoms with van der Waals surface area (Å²) in [4.78, 5) is 23.1. The molecule has 29 heavy (non-hydrogen) atoms. The van der Waals surface area contributed by atoms with Crippen molar-refractivity contribution in [2.24, 2.45) is 0 Å². The number of anilines is 1. The molecular formula is C19H23F3N6O. The summed E-state index contributed by atoms with van der Waals surface area (Å²) in [5.41, 5.74) is 1.48. The number of hydrogen-bond donors (Lipinski definition) is 1. The maximum absolute atomic E-state index is 13.5. The number of rotatable bonds is 2. The molecule has 0 radical (unpaired) electrons. The van der Waals surface area contributed by atoms with E-state index in [1.54, 1.807) is 31.7 Å². The first kappa shape index (κ1) is 19.7. The summed E-state index contributed by atoms with van der Waals surface area (Å²) >= 11 is 0. The van der Waals surface area contributed by atoms with E-state index in [1.807, 2.05) is 0 Å². The number of amides is 1. The number of carbonyl (C=O) groups excluding carboxylic acids is 1. The van der Waals surface area contributed by atoms with Gasteiger partial charge in [-0.15, -0.1) is 0 Å². The van der Waals surface area contributed by atoms with E-state index in [0.717, 1.165) is 11.1 Å². The van der Waals surface area contributed by atoms with Crippen LogP contribution in [0.4, 0.5) is 19.0 Å². The number of nitrogens with one attached hydrogen (secondary N) is 1. The maximum atomic E-state index is 13.5. The second-order valence-electron chi connectivity index (χ2n) is 7.81. The lowest BCUT2D eigenvalue weighted by Gasteiger charge is -2.31. The van der Waals surface area contributed by atoms with Gasteiger partial charge in [0, 0.05) is 24.8 Å². The van der Waals surface area contributed by atoms with Crippen molar-refractivity contribution in [2.75, 3.05) is 11.9 Å². The molecule has 0 saturated carbocycles. The number of halogens is 3. The molecule has 1 saturated heterocycles. The molecule has 0 aliphatic carbocycles. The SMILES string of the molecule is Cc1ncc(C(=O)N2CCCC2c2cc3n(n2)[C@@H](C(F)(F)F)C[C@@H](C)N3)c(C)n1. The Balaban J connectivity index is 1.66. The zero-order valence-electron chi connectivity index (χ0n) is 16.5. The molecule has 0 bridgehead atoms. The maximum Gasteiger partial charge on any atom is 0.410 e. The third-order valence-corrected chi connectivity index (χ3v) is 5.58. The normalized spacial score (nSPS) is 24.3. The summed E-state index contributed by atoms with van der Waals surface area (Å²) in [6, 6.07) is -0.705. The highest BCUT2D eigenvalue weighted by Crippen LogP contribution is 2.41. The molecule has 1 fully saturated rings. The molecule has 2 aliphatic rings. The van der Waals surface area contributed by atoms with Crippen LogP contribution >= 0.6 is 0 Å². The topological polar surface area (TPSA) is 75.9 Å². The predicted molar refractivity (Wildman–Crippen MR) is 99.5 cm³/mol. The van der Waals surface area contributed by atoms with Gasteiger partial charge in [-0.2, -0.15) is 18.3 Å². The Bertz CT molecular complexity index is 941. The van der Waals surface area contributed by atoms with E-state index in [1.165, 1.54) is 6.20 Å². The van der Waals surface area contributed by atoms with Gasteiger partial charge in [-0.3, -0.25) is 4.79 Å². The summed E-state index contributed by atoms with van der Waals surface area (Å²) < 4.78 is 41.6. The van der Waals surface area contributed by atoms with Crippen molar-refractivity contribution >= 4 is 11.7 Å². The number of aromatic nitrogens is 4. The quantitative estimate of drug-likeness (QED) is 0.822. The third kappa shape index (κ3) is 3.56. The molecule has 4 rings (SSSR count). The first-order valence-electron chi connectivity index (χ1n) is 9.69. The third-order valence-electron chi connectivity index (χ3n) is 5.58. The lowest BCUT2D eigenvalue weighted by Crippen LogP contribution is -2.38. The highest BCUT2D eigenvalue weighted by Gasteiger charge is 2.46. The van der Waals surface area contributed by atoms with E-state index in [-0.39, 0.29) is 24.4 Å². The molecule has 2 aliphatic heterocycles. The zero-order chi connectivity index (χ0) is 20.9. The van der Waals surface area contributed by atoms with Crippen LogP contribution in [-0.4, -0.2) is 49.3 Å². The van der Waals surface area contributed by atoms with Gasteiger partial charge in [0.1, 0.15) is 11.6 Å². The summed E-state index contributed by atoms with van der Waals surface area (Å²) in [6.45, 7) is 5.74. The molecule has 7 nitrogen and oxygen atoms in total. The van der Waals surface area contributed by atoms with Crippen LogP contribution in [0.15, 0.2) is 12.3 Å². The van der Waals surface area contributed by atoms with Crippen molar-refractivity contribution in [3.8, 4) is 0 Å². The lowest BCUT2D eigenvalue weighted by molar-refractivity contribution is -0.173. The lowest BCUT2D eigenvalue weighted by atomic mass is 10.1. The minimum atomic E-state index is -4.38. The summed E-state index contributed by atoms with van der Waals surface area (Å²) in [5, 5.41) is 7.36. The summed E-state index contributed by atoms with van der Waals surface area (Å²) in [7, 11) is 0. The Morgan fingerprint density at radius 2 is 2.07 bits per heavy atom. The average Bonchev–Trinajstić information content (AvgIpc) is 3.26. The number of likely N-dealkylation sites (tertiary alicyclic amines) is 1. The van der Waals surface area contributed by atoms with Gasteiger partial charge in [-0.05, 0) is 40.0 Å². The Hall–Kier alpha value is -2.65. The van der Waals surface area contributed by atoms with E-state index < -0.39 is 12.2 Å². The fourth-order valence-corrected chi connectivity index (χ4v) is 4.21. The highest BCUT2D eigenvalue weighted by molar-refractivity contribution is 5.95. The number of nitrogens with zero attached hydrogens (tertiary/aromatic N) is 5. The Morgan fingerprint density at radius 3 is 2.76 bits per heavy atom. The molecule has 4 heterocycles. The number of alkyl halides is 3. The molecule has 2 aromatic heterocycles. The van der Waals surface area contributed by atoms with Gasteiger partial charge in [0.2, 0.25) is 0 Å². The average molecular weight is 408 g/mol. The van der Waals surface area contributed by atoms with Crippen molar-refractivity contribution in [2.45, 2.75) is 64.3 Å². The van der Waals surface area contributed by atoms with Crippen LogP contribution in [0.25, 0.3) is 0 Å². The van der Waals surface area contributed by atoms with Gasteiger partial charge >= 0.3 is 6.18 Å². The Kier molecular flexibility index (Phi) is 4.74. The Labute approximate surface area is 166 Å². The molecule has 10 heteroatoms. The minimum Gasteiger partial charge on any atom is -0.368 e. The van der Waals surface area contributed by atoms with Crippen LogP contribution in [0.3, 0.4) is 0 Å². The van der Waals surface area contributed by atoms with Crippen molar-refractivity contribution in [3.63, 3.8) is 0 Å². The molecule has 3 atom stereocenters. The van der Waals surface area contributed by atoms with E-state index in [0.29, 0.717) is 41.6 Å². The van der Waals surface area contributed by atoms with E-state index in [9.17, 15) is 18.0 Å². The molecule has 1 amide bonds. The molecule has 1 N–H and O–H groups in total. The van der Waals surface area contributed by atoms with Crippen molar-refractivity contribution < 1.29 is 18.0 Å². The number of fused-ring (bicyclic) bond motifs is 1. The molecule has 156 valence electrons. The predicted octanol–water partition coefficient (Wildman–Crippen LogP) is 3.57.